The van der Waals surface area contributed by atoms with E-state index >= 15 is 0 Å². The summed E-state index contributed by atoms with van der Waals surface area (Å²) in [6.07, 6.45) is 2.14. The summed E-state index contributed by atoms with van der Waals surface area (Å²) in [7, 11) is -3.52. The molecule has 102 valence electrons. The molecule has 2 aromatic rings. The van der Waals surface area contributed by atoms with Crippen LogP contribution in [0, 0.1) is 0 Å². The molecule has 19 heavy (non-hydrogen) atoms. The molecule has 0 radical (unpaired) electrons. The topological polar surface area (TPSA) is 89.8 Å². The molecule has 0 saturated carbocycles. The largest absolute Gasteiger partial charge is 0.240 e. The Balaban J connectivity index is 2.33. The number of sulfonamides is 1. The summed E-state index contributed by atoms with van der Waals surface area (Å²) in [6, 6.07) is 6.35. The van der Waals surface area contributed by atoms with Gasteiger partial charge in [-0.25, -0.2) is 17.8 Å². The fourth-order valence-electron chi connectivity index (χ4n) is 1.49. The number of hydrogen-bond donors (Lipinski definition) is 1. The molecule has 0 aliphatic rings. The highest BCUT2D eigenvalue weighted by atomic mass is 32.2. The summed E-state index contributed by atoms with van der Waals surface area (Å²) < 4.78 is 28.3. The highest BCUT2D eigenvalue weighted by Gasteiger charge is 2.17. The second-order valence-corrected chi connectivity index (χ2v) is 5.90. The maximum Gasteiger partial charge on any atom is 0.240 e. The molecule has 1 heterocycles. The van der Waals surface area contributed by atoms with Crippen LogP contribution in [0.3, 0.4) is 0 Å². The molecular weight excluding hydrogens is 266 g/mol. The van der Waals surface area contributed by atoms with Crippen LogP contribution in [0.5, 0.6) is 0 Å². The first-order valence-electron chi connectivity index (χ1n) is 5.88. The fourth-order valence-corrected chi connectivity index (χ4v) is 2.86. The minimum absolute atomic E-state index is 0.110. The van der Waals surface area contributed by atoms with Gasteiger partial charge in [0.1, 0.15) is 6.33 Å². The minimum atomic E-state index is -3.52. The quantitative estimate of drug-likeness (QED) is 0.873. The van der Waals surface area contributed by atoms with Crippen molar-refractivity contribution in [3.8, 4) is 5.69 Å². The smallest absolute Gasteiger partial charge is 0.208 e. The number of rotatable bonds is 5. The van der Waals surface area contributed by atoms with Crippen molar-refractivity contribution in [2.75, 3.05) is 0 Å². The highest BCUT2D eigenvalue weighted by Crippen LogP contribution is 2.14. The molecule has 7 nitrogen and oxygen atoms in total. The van der Waals surface area contributed by atoms with E-state index in [2.05, 4.69) is 20.2 Å². The monoisotopic (exact) mass is 281 g/mol. The van der Waals surface area contributed by atoms with E-state index in [1.165, 1.54) is 17.1 Å². The number of aromatic nitrogens is 4. The van der Waals surface area contributed by atoms with Crippen molar-refractivity contribution < 1.29 is 8.42 Å². The first kappa shape index (κ1) is 13.6. The Morgan fingerprint density at radius 1 is 1.42 bits per heavy atom. The predicted octanol–water partition coefficient (Wildman–Crippen LogP) is 0.739. The zero-order valence-corrected chi connectivity index (χ0v) is 11.5. The third kappa shape index (κ3) is 3.15. The molecule has 1 atom stereocenters. The number of nitrogens with zero attached hydrogens (tertiary/aromatic N) is 4. The zero-order valence-electron chi connectivity index (χ0n) is 10.7. The van der Waals surface area contributed by atoms with E-state index < -0.39 is 10.0 Å². The van der Waals surface area contributed by atoms with Crippen molar-refractivity contribution >= 4 is 10.0 Å². The van der Waals surface area contributed by atoms with Gasteiger partial charge in [-0.15, -0.1) is 5.10 Å². The van der Waals surface area contributed by atoms with Gasteiger partial charge in [0.15, 0.2) is 0 Å². The Morgan fingerprint density at radius 3 is 2.84 bits per heavy atom. The molecular formula is C11H15N5O2S. The predicted molar refractivity (Wildman–Crippen MR) is 69.2 cm³/mol. The fraction of sp³-hybridized carbons (Fsp3) is 0.364. The van der Waals surface area contributed by atoms with Gasteiger partial charge in [0.25, 0.3) is 0 Å². The molecule has 8 heteroatoms. The van der Waals surface area contributed by atoms with Crippen molar-refractivity contribution in [3.05, 3.63) is 30.6 Å². The standard InChI is InChI=1S/C11H15N5O2S/c1-3-9(2)13-19(17,18)11-6-4-5-10(7-11)16-8-12-14-15-16/h4-9,13H,3H2,1-2H3. The molecule has 0 bridgehead atoms. The molecule has 1 aromatic heterocycles. The summed E-state index contributed by atoms with van der Waals surface area (Å²) in [5.41, 5.74) is 0.594. The second-order valence-electron chi connectivity index (χ2n) is 4.18. The van der Waals surface area contributed by atoms with Crippen molar-refractivity contribution in [2.45, 2.75) is 31.2 Å². The number of benzene rings is 1. The van der Waals surface area contributed by atoms with E-state index in [4.69, 9.17) is 0 Å². The number of hydrogen-bond acceptors (Lipinski definition) is 5. The average Bonchev–Trinajstić information content (AvgIpc) is 2.92. The summed E-state index contributed by atoms with van der Waals surface area (Å²) >= 11 is 0. The Labute approximate surface area is 111 Å². The van der Waals surface area contributed by atoms with Crippen LogP contribution >= 0.6 is 0 Å². The normalized spacial score (nSPS) is 13.4. The summed E-state index contributed by atoms with van der Waals surface area (Å²) in [6.45, 7) is 3.74. The van der Waals surface area contributed by atoms with Crippen LogP contribution in [0.1, 0.15) is 20.3 Å². The Kier molecular flexibility index (Phi) is 3.91. The summed E-state index contributed by atoms with van der Waals surface area (Å²) in [5, 5.41) is 10.8. The first-order chi connectivity index (χ1) is 9.03. The third-order valence-electron chi connectivity index (χ3n) is 2.71. The van der Waals surface area contributed by atoms with Gasteiger partial charge in [-0.2, -0.15) is 0 Å². The van der Waals surface area contributed by atoms with E-state index in [0.29, 0.717) is 5.69 Å². The van der Waals surface area contributed by atoms with Crippen molar-refractivity contribution in [3.63, 3.8) is 0 Å². The first-order valence-corrected chi connectivity index (χ1v) is 7.37. The zero-order chi connectivity index (χ0) is 13.9. The SMILES string of the molecule is CCC(C)NS(=O)(=O)c1cccc(-n2cnnn2)c1. The van der Waals surface area contributed by atoms with Crippen LogP contribution in [0.25, 0.3) is 5.69 Å². The van der Waals surface area contributed by atoms with Gasteiger partial charge in [0, 0.05) is 6.04 Å². The maximum absolute atomic E-state index is 12.2. The van der Waals surface area contributed by atoms with Crippen molar-refractivity contribution in [1.29, 1.82) is 0 Å². The van der Waals surface area contributed by atoms with Gasteiger partial charge in [-0.1, -0.05) is 13.0 Å². The minimum Gasteiger partial charge on any atom is -0.208 e. The summed E-state index contributed by atoms with van der Waals surface area (Å²) in [5.74, 6) is 0. The van der Waals surface area contributed by atoms with E-state index in [-0.39, 0.29) is 10.9 Å². The molecule has 1 N–H and O–H groups in total. The van der Waals surface area contributed by atoms with Gasteiger partial charge in [-0.05, 0) is 42.0 Å². The number of tetrazole rings is 1. The van der Waals surface area contributed by atoms with Crippen LogP contribution in [-0.2, 0) is 10.0 Å². The Hall–Kier alpha value is -1.80. The van der Waals surface area contributed by atoms with E-state index in [0.717, 1.165) is 6.42 Å². The van der Waals surface area contributed by atoms with Crippen LogP contribution in [0.15, 0.2) is 35.5 Å². The lowest BCUT2D eigenvalue weighted by molar-refractivity contribution is 0.555. The van der Waals surface area contributed by atoms with Gasteiger partial charge < -0.3 is 0 Å². The van der Waals surface area contributed by atoms with Crippen LogP contribution in [0.4, 0.5) is 0 Å². The van der Waals surface area contributed by atoms with Crippen molar-refractivity contribution in [1.82, 2.24) is 24.9 Å². The van der Waals surface area contributed by atoms with E-state index in [9.17, 15) is 8.42 Å². The van der Waals surface area contributed by atoms with Crippen LogP contribution in [-0.4, -0.2) is 34.7 Å². The third-order valence-corrected chi connectivity index (χ3v) is 4.30. The molecule has 1 unspecified atom stereocenters. The molecule has 2 rings (SSSR count). The summed E-state index contributed by atoms with van der Waals surface area (Å²) in [4.78, 5) is 0.195. The molecule has 0 aliphatic carbocycles. The maximum atomic E-state index is 12.2. The molecule has 1 aromatic carbocycles. The molecule has 0 amide bonds. The van der Waals surface area contributed by atoms with Gasteiger partial charge in [0.05, 0.1) is 10.6 Å². The Morgan fingerprint density at radius 2 is 2.21 bits per heavy atom. The number of nitrogens with one attached hydrogen (secondary N) is 1. The van der Waals surface area contributed by atoms with Gasteiger partial charge in [-0.3, -0.25) is 0 Å². The second kappa shape index (κ2) is 5.45. The van der Waals surface area contributed by atoms with E-state index in [1.807, 2.05) is 13.8 Å². The van der Waals surface area contributed by atoms with Gasteiger partial charge in [0.2, 0.25) is 10.0 Å². The molecule has 0 aliphatic heterocycles. The molecule has 0 spiro atoms. The average molecular weight is 281 g/mol. The molecule has 0 saturated heterocycles. The lowest BCUT2D eigenvalue weighted by Crippen LogP contribution is -2.32. The lowest BCUT2D eigenvalue weighted by atomic mass is 10.3. The van der Waals surface area contributed by atoms with Crippen LogP contribution < -0.4 is 4.72 Å². The highest BCUT2D eigenvalue weighted by molar-refractivity contribution is 7.89. The lowest BCUT2D eigenvalue weighted by Gasteiger charge is -2.12. The van der Waals surface area contributed by atoms with E-state index in [1.54, 1.807) is 18.2 Å². The van der Waals surface area contributed by atoms with Gasteiger partial charge >= 0.3 is 0 Å². The molecule has 0 fully saturated rings. The Bertz CT molecular complexity index is 639. The van der Waals surface area contributed by atoms with Crippen LogP contribution in [0.2, 0.25) is 0 Å². The van der Waals surface area contributed by atoms with Crippen molar-refractivity contribution in [2.24, 2.45) is 0 Å².